The lowest BCUT2D eigenvalue weighted by Crippen LogP contribution is -2.70. The van der Waals surface area contributed by atoms with Crippen molar-refractivity contribution in [2.75, 3.05) is 6.54 Å². The van der Waals surface area contributed by atoms with Gasteiger partial charge in [-0.05, 0) is 11.1 Å². The third kappa shape index (κ3) is 2.87. The van der Waals surface area contributed by atoms with Gasteiger partial charge in [0.1, 0.15) is 6.04 Å². The molecule has 0 aromatic heterocycles. The molecule has 2 rings (SSSR count). The first-order valence-corrected chi connectivity index (χ1v) is 5.98. The van der Waals surface area contributed by atoms with Crippen molar-refractivity contribution in [1.82, 2.24) is 10.6 Å². The molecular weight excluding hydrogens is 262 g/mol. The van der Waals surface area contributed by atoms with Gasteiger partial charge in [0.25, 0.3) is 5.91 Å². The minimum Gasteiger partial charge on any atom is -0.378 e. The molecule has 1 heterocycles. The molecule has 0 bridgehead atoms. The lowest BCUT2D eigenvalue weighted by molar-refractivity contribution is -0.139. The second kappa shape index (κ2) is 6.05. The average Bonchev–Trinajstić information content (AvgIpc) is 2.48. The summed E-state index contributed by atoms with van der Waals surface area (Å²) in [5.41, 5.74) is 8.67. The zero-order valence-electron chi connectivity index (χ0n) is 10.4. The topological polar surface area (TPSA) is 127 Å². The summed E-state index contributed by atoms with van der Waals surface area (Å²) in [6.07, 6.45) is -1.34. The Kier molecular flexibility index (Phi) is 4.19. The number of carbonyl (C=O) groups excluding carboxylic acids is 2. The lowest BCUT2D eigenvalue weighted by atomic mass is 9.98. The van der Waals surface area contributed by atoms with Crippen LogP contribution in [-0.2, 0) is 9.59 Å². The van der Waals surface area contributed by atoms with E-state index >= 15 is 0 Å². The summed E-state index contributed by atoms with van der Waals surface area (Å²) in [5.74, 6) is -1.03. The minimum absolute atomic E-state index is 0.0502. The van der Waals surface area contributed by atoms with E-state index in [2.05, 4.69) is 20.7 Å². The molecule has 1 unspecified atom stereocenters. The van der Waals surface area contributed by atoms with E-state index in [1.54, 1.807) is 30.3 Å². The molecule has 1 aromatic rings. The van der Waals surface area contributed by atoms with E-state index in [0.29, 0.717) is 5.56 Å². The van der Waals surface area contributed by atoms with E-state index in [4.69, 9.17) is 5.53 Å². The first kappa shape index (κ1) is 13.9. The highest BCUT2D eigenvalue weighted by atomic mass is 16.3. The maximum atomic E-state index is 11.9. The molecule has 0 saturated carbocycles. The summed E-state index contributed by atoms with van der Waals surface area (Å²) < 4.78 is 0. The van der Waals surface area contributed by atoms with Crippen LogP contribution >= 0.6 is 0 Å². The molecule has 8 heteroatoms. The van der Waals surface area contributed by atoms with Crippen molar-refractivity contribution in [3.05, 3.63) is 46.3 Å². The number of carbonyl (C=O) groups is 2. The summed E-state index contributed by atoms with van der Waals surface area (Å²) in [5, 5.41) is 18.2. The fourth-order valence-electron chi connectivity index (χ4n) is 1.90. The summed E-state index contributed by atoms with van der Waals surface area (Å²) in [7, 11) is 0. The van der Waals surface area contributed by atoms with E-state index in [9.17, 15) is 14.7 Å². The standard InChI is InChI=1S/C12H13N5O3/c13-17-14-6-8-9(11(19)15-8)16-12(20)10(18)7-4-2-1-3-5-7/h1-5,8-10,18H,6H2,(H,15,19)(H,16,20)/t8-,9+,10?/m1/s1. The van der Waals surface area contributed by atoms with E-state index in [-0.39, 0.29) is 12.5 Å². The molecule has 3 atom stereocenters. The lowest BCUT2D eigenvalue weighted by Gasteiger charge is -2.36. The molecular formula is C12H13N5O3. The molecule has 2 amide bonds. The Morgan fingerprint density at radius 3 is 2.80 bits per heavy atom. The Labute approximate surface area is 114 Å². The number of hydrogen-bond donors (Lipinski definition) is 3. The average molecular weight is 275 g/mol. The van der Waals surface area contributed by atoms with Gasteiger partial charge in [-0.3, -0.25) is 9.59 Å². The quantitative estimate of drug-likeness (QED) is 0.303. The smallest absolute Gasteiger partial charge is 0.254 e. The highest BCUT2D eigenvalue weighted by Crippen LogP contribution is 2.14. The Hall–Kier alpha value is -2.57. The fourth-order valence-corrected chi connectivity index (χ4v) is 1.90. The van der Waals surface area contributed by atoms with Gasteiger partial charge in [0.2, 0.25) is 5.91 Å². The number of hydrogen-bond acceptors (Lipinski definition) is 4. The maximum absolute atomic E-state index is 11.9. The number of nitrogens with zero attached hydrogens (tertiary/aromatic N) is 3. The number of rotatable bonds is 5. The minimum atomic E-state index is -1.34. The number of β-lactam (4-membered cyclic amide) rings is 1. The van der Waals surface area contributed by atoms with Crippen molar-refractivity contribution in [3.8, 4) is 0 Å². The van der Waals surface area contributed by atoms with Crippen LogP contribution in [0.1, 0.15) is 11.7 Å². The SMILES string of the molecule is [N-]=[N+]=NC[C@H]1NC(=O)[C@H]1NC(=O)C(O)c1ccccc1. The molecule has 1 aromatic carbocycles. The molecule has 1 aliphatic heterocycles. The zero-order chi connectivity index (χ0) is 14.5. The molecule has 104 valence electrons. The van der Waals surface area contributed by atoms with Gasteiger partial charge < -0.3 is 15.7 Å². The second-order valence-electron chi connectivity index (χ2n) is 4.33. The van der Waals surface area contributed by atoms with Gasteiger partial charge in [-0.2, -0.15) is 0 Å². The summed E-state index contributed by atoms with van der Waals surface area (Å²) >= 11 is 0. The predicted octanol–water partition coefficient (Wildman–Crippen LogP) is 0.0135. The van der Waals surface area contributed by atoms with Crippen molar-refractivity contribution in [3.63, 3.8) is 0 Å². The van der Waals surface area contributed by atoms with Crippen molar-refractivity contribution in [2.45, 2.75) is 18.2 Å². The largest absolute Gasteiger partial charge is 0.378 e. The zero-order valence-corrected chi connectivity index (χ0v) is 10.4. The van der Waals surface area contributed by atoms with E-state index in [1.807, 2.05) is 0 Å². The van der Waals surface area contributed by atoms with Crippen molar-refractivity contribution < 1.29 is 14.7 Å². The number of nitrogens with one attached hydrogen (secondary N) is 2. The van der Waals surface area contributed by atoms with E-state index in [0.717, 1.165) is 0 Å². The number of amides is 2. The number of aliphatic hydroxyl groups excluding tert-OH is 1. The van der Waals surface area contributed by atoms with Gasteiger partial charge in [0, 0.05) is 11.5 Å². The third-order valence-electron chi connectivity index (χ3n) is 3.02. The van der Waals surface area contributed by atoms with Crippen LogP contribution < -0.4 is 10.6 Å². The van der Waals surface area contributed by atoms with Gasteiger partial charge >= 0.3 is 0 Å². The first-order valence-electron chi connectivity index (χ1n) is 5.98. The van der Waals surface area contributed by atoms with Gasteiger partial charge in [-0.25, -0.2) is 0 Å². The van der Waals surface area contributed by atoms with Crippen molar-refractivity contribution in [2.24, 2.45) is 5.11 Å². The molecule has 1 saturated heterocycles. The first-order chi connectivity index (χ1) is 9.63. The number of azide groups is 1. The molecule has 0 aliphatic carbocycles. The third-order valence-corrected chi connectivity index (χ3v) is 3.02. The van der Waals surface area contributed by atoms with Crippen LogP contribution in [-0.4, -0.2) is 35.5 Å². The van der Waals surface area contributed by atoms with E-state index in [1.165, 1.54) is 0 Å². The highest BCUT2D eigenvalue weighted by Gasteiger charge is 2.40. The Bertz CT molecular complexity index is 555. The van der Waals surface area contributed by atoms with Crippen molar-refractivity contribution in [1.29, 1.82) is 0 Å². The second-order valence-corrected chi connectivity index (χ2v) is 4.33. The van der Waals surface area contributed by atoms with Gasteiger partial charge in [0.05, 0.1) is 6.04 Å². The monoisotopic (exact) mass is 275 g/mol. The summed E-state index contributed by atoms with van der Waals surface area (Å²) in [6, 6.07) is 7.17. The number of benzene rings is 1. The van der Waals surface area contributed by atoms with Gasteiger partial charge in [-0.15, -0.1) is 0 Å². The molecule has 1 aliphatic rings. The maximum Gasteiger partial charge on any atom is 0.254 e. The Morgan fingerprint density at radius 1 is 1.50 bits per heavy atom. The van der Waals surface area contributed by atoms with Gasteiger partial charge in [-0.1, -0.05) is 35.4 Å². The molecule has 3 N–H and O–H groups in total. The number of aliphatic hydroxyl groups is 1. The molecule has 0 radical (unpaired) electrons. The highest BCUT2D eigenvalue weighted by molar-refractivity contribution is 5.94. The summed E-state index contributed by atoms with van der Waals surface area (Å²) in [6.45, 7) is 0.0502. The van der Waals surface area contributed by atoms with Crippen LogP contribution in [0.25, 0.3) is 10.4 Å². The fraction of sp³-hybridized carbons (Fsp3) is 0.333. The van der Waals surface area contributed by atoms with Crippen LogP contribution in [0.15, 0.2) is 35.4 Å². The Morgan fingerprint density at radius 2 is 2.20 bits per heavy atom. The molecule has 1 fully saturated rings. The van der Waals surface area contributed by atoms with Crippen LogP contribution in [0.5, 0.6) is 0 Å². The normalized spacial score (nSPS) is 21.9. The van der Waals surface area contributed by atoms with Crippen molar-refractivity contribution >= 4 is 11.8 Å². The van der Waals surface area contributed by atoms with Crippen LogP contribution in [0.2, 0.25) is 0 Å². The Balaban J connectivity index is 1.97. The van der Waals surface area contributed by atoms with Crippen LogP contribution in [0.4, 0.5) is 0 Å². The molecule has 8 nitrogen and oxygen atoms in total. The van der Waals surface area contributed by atoms with E-state index < -0.39 is 24.1 Å². The predicted molar refractivity (Wildman–Crippen MR) is 69.3 cm³/mol. The van der Waals surface area contributed by atoms with Gasteiger partial charge in [0.15, 0.2) is 6.10 Å². The van der Waals surface area contributed by atoms with Crippen LogP contribution in [0.3, 0.4) is 0 Å². The summed E-state index contributed by atoms with van der Waals surface area (Å²) in [4.78, 5) is 25.8. The molecule has 20 heavy (non-hydrogen) atoms. The van der Waals surface area contributed by atoms with Crippen LogP contribution in [0, 0.1) is 0 Å². The molecule has 0 spiro atoms.